The Morgan fingerprint density at radius 3 is 2.25 bits per heavy atom. The molecule has 0 unspecified atom stereocenters. The minimum atomic E-state index is -0.744. The van der Waals surface area contributed by atoms with Crippen molar-refractivity contribution in [3.8, 4) is 0 Å². The summed E-state index contributed by atoms with van der Waals surface area (Å²) in [6.45, 7) is 7.64. The fourth-order valence-electron chi connectivity index (χ4n) is 1.34. The summed E-state index contributed by atoms with van der Waals surface area (Å²) in [5.74, 6) is -0.153. The van der Waals surface area contributed by atoms with Crippen LogP contribution in [0, 0.1) is 19.3 Å². The smallest absolute Gasteiger partial charge is 0.309 e. The van der Waals surface area contributed by atoms with Crippen molar-refractivity contribution in [2.75, 3.05) is 5.75 Å². The molecular weight excluding hydrogens is 220 g/mol. The van der Waals surface area contributed by atoms with E-state index in [1.807, 2.05) is 6.07 Å². The van der Waals surface area contributed by atoms with E-state index >= 15 is 0 Å². The number of aliphatic carboxylic acids is 1. The molecule has 16 heavy (non-hydrogen) atoms. The lowest BCUT2D eigenvalue weighted by molar-refractivity contribution is -0.145. The van der Waals surface area contributed by atoms with Gasteiger partial charge in [-0.1, -0.05) is 18.2 Å². The van der Waals surface area contributed by atoms with E-state index < -0.39 is 11.4 Å². The topological polar surface area (TPSA) is 37.3 Å². The molecular formula is C13H18O2S. The quantitative estimate of drug-likeness (QED) is 0.816. The number of hydrogen-bond acceptors (Lipinski definition) is 2. The second-order valence-electron chi connectivity index (χ2n) is 4.70. The van der Waals surface area contributed by atoms with E-state index in [4.69, 9.17) is 5.11 Å². The second-order valence-corrected chi connectivity index (χ2v) is 5.68. The van der Waals surface area contributed by atoms with E-state index in [0.717, 1.165) is 0 Å². The zero-order valence-electron chi connectivity index (χ0n) is 10.2. The third kappa shape index (κ3) is 3.01. The first kappa shape index (κ1) is 13.1. The van der Waals surface area contributed by atoms with E-state index in [1.165, 1.54) is 16.0 Å². The van der Waals surface area contributed by atoms with Gasteiger partial charge in [0.05, 0.1) is 5.41 Å². The summed E-state index contributed by atoms with van der Waals surface area (Å²) in [6.07, 6.45) is 0. The van der Waals surface area contributed by atoms with Crippen molar-refractivity contribution in [2.24, 2.45) is 5.41 Å². The molecule has 0 saturated carbocycles. The average molecular weight is 238 g/mol. The Balaban J connectivity index is 2.79. The predicted octanol–water partition coefficient (Wildman–Crippen LogP) is 3.51. The zero-order valence-corrected chi connectivity index (χ0v) is 11.0. The van der Waals surface area contributed by atoms with Crippen LogP contribution in [-0.4, -0.2) is 16.8 Å². The van der Waals surface area contributed by atoms with Gasteiger partial charge in [-0.05, 0) is 38.8 Å². The fourth-order valence-corrected chi connectivity index (χ4v) is 2.56. The van der Waals surface area contributed by atoms with E-state index in [1.54, 1.807) is 25.6 Å². The SMILES string of the molecule is Cc1cccc(C)c1SCC(C)(C)C(=O)O. The highest BCUT2D eigenvalue weighted by Crippen LogP contribution is 2.31. The van der Waals surface area contributed by atoms with Crippen LogP contribution in [0.4, 0.5) is 0 Å². The van der Waals surface area contributed by atoms with Crippen LogP contribution >= 0.6 is 11.8 Å². The standard InChI is InChI=1S/C13H18O2S/c1-9-6-5-7-10(2)11(9)16-8-13(3,4)12(14)15/h5-7H,8H2,1-4H3,(H,14,15). The molecule has 0 spiro atoms. The van der Waals surface area contributed by atoms with Crippen molar-refractivity contribution in [2.45, 2.75) is 32.6 Å². The molecule has 0 fully saturated rings. The third-order valence-electron chi connectivity index (χ3n) is 2.57. The van der Waals surface area contributed by atoms with E-state index in [2.05, 4.69) is 26.0 Å². The molecule has 1 N–H and O–H groups in total. The largest absolute Gasteiger partial charge is 0.481 e. The molecule has 1 aromatic rings. The minimum Gasteiger partial charge on any atom is -0.481 e. The number of carboxylic acid groups (broad SMARTS) is 1. The highest BCUT2D eigenvalue weighted by atomic mass is 32.2. The Bertz CT molecular complexity index is 377. The minimum absolute atomic E-state index is 0.591. The molecule has 0 aliphatic heterocycles. The molecule has 0 saturated heterocycles. The Kier molecular flexibility index (Phi) is 4.03. The molecule has 0 aliphatic carbocycles. The summed E-state index contributed by atoms with van der Waals surface area (Å²) in [5.41, 5.74) is 1.75. The molecule has 0 radical (unpaired) electrons. The monoisotopic (exact) mass is 238 g/mol. The van der Waals surface area contributed by atoms with Gasteiger partial charge >= 0.3 is 5.97 Å². The summed E-state index contributed by atoms with van der Waals surface area (Å²) < 4.78 is 0. The van der Waals surface area contributed by atoms with Gasteiger partial charge in [-0.3, -0.25) is 4.79 Å². The first-order chi connectivity index (χ1) is 7.34. The van der Waals surface area contributed by atoms with Crippen LogP contribution in [0.15, 0.2) is 23.1 Å². The van der Waals surface area contributed by atoms with Crippen molar-refractivity contribution in [3.63, 3.8) is 0 Å². The Labute approximate surface area is 101 Å². The number of carboxylic acids is 1. The first-order valence-electron chi connectivity index (χ1n) is 5.27. The van der Waals surface area contributed by atoms with Gasteiger partial charge in [-0.25, -0.2) is 0 Å². The molecule has 3 heteroatoms. The van der Waals surface area contributed by atoms with Gasteiger partial charge in [0.15, 0.2) is 0 Å². The van der Waals surface area contributed by atoms with Gasteiger partial charge in [0.2, 0.25) is 0 Å². The van der Waals surface area contributed by atoms with Gasteiger partial charge in [-0.15, -0.1) is 11.8 Å². The second kappa shape index (κ2) is 4.91. The van der Waals surface area contributed by atoms with Crippen molar-refractivity contribution >= 4 is 17.7 Å². The van der Waals surface area contributed by atoms with Crippen LogP contribution in [0.3, 0.4) is 0 Å². The van der Waals surface area contributed by atoms with Gasteiger partial charge in [0.1, 0.15) is 0 Å². The summed E-state index contributed by atoms with van der Waals surface area (Å²) in [6, 6.07) is 6.14. The Hall–Kier alpha value is -0.960. The highest BCUT2D eigenvalue weighted by Gasteiger charge is 2.27. The van der Waals surface area contributed by atoms with E-state index in [9.17, 15) is 4.79 Å². The van der Waals surface area contributed by atoms with Crippen molar-refractivity contribution in [3.05, 3.63) is 29.3 Å². The molecule has 1 rings (SSSR count). The van der Waals surface area contributed by atoms with Crippen LogP contribution in [-0.2, 0) is 4.79 Å². The summed E-state index contributed by atoms with van der Waals surface area (Å²) in [7, 11) is 0. The molecule has 88 valence electrons. The first-order valence-corrected chi connectivity index (χ1v) is 6.25. The average Bonchev–Trinajstić information content (AvgIpc) is 2.16. The van der Waals surface area contributed by atoms with Crippen LogP contribution in [0.5, 0.6) is 0 Å². The molecule has 0 atom stereocenters. The molecule has 1 aromatic carbocycles. The number of aryl methyl sites for hydroxylation is 2. The normalized spacial score (nSPS) is 11.5. The summed E-state index contributed by atoms with van der Waals surface area (Å²) >= 11 is 1.63. The number of hydrogen-bond donors (Lipinski definition) is 1. The summed E-state index contributed by atoms with van der Waals surface area (Å²) in [4.78, 5) is 12.2. The number of thioether (sulfide) groups is 1. The molecule has 2 nitrogen and oxygen atoms in total. The number of rotatable bonds is 4. The van der Waals surface area contributed by atoms with E-state index in [-0.39, 0.29) is 0 Å². The maximum absolute atomic E-state index is 11.0. The lowest BCUT2D eigenvalue weighted by Crippen LogP contribution is -2.26. The van der Waals surface area contributed by atoms with Gasteiger partial charge in [0.25, 0.3) is 0 Å². The highest BCUT2D eigenvalue weighted by molar-refractivity contribution is 7.99. The van der Waals surface area contributed by atoms with Gasteiger partial charge in [-0.2, -0.15) is 0 Å². The van der Waals surface area contributed by atoms with Crippen molar-refractivity contribution in [1.82, 2.24) is 0 Å². The van der Waals surface area contributed by atoms with Crippen molar-refractivity contribution < 1.29 is 9.90 Å². The maximum Gasteiger partial charge on any atom is 0.309 e. The number of carbonyl (C=O) groups is 1. The van der Waals surface area contributed by atoms with Crippen LogP contribution in [0.25, 0.3) is 0 Å². The van der Waals surface area contributed by atoms with Crippen LogP contribution < -0.4 is 0 Å². The van der Waals surface area contributed by atoms with Crippen LogP contribution in [0.2, 0.25) is 0 Å². The maximum atomic E-state index is 11.0. The predicted molar refractivity (Wildman–Crippen MR) is 68.1 cm³/mol. The lowest BCUT2D eigenvalue weighted by atomic mass is 9.97. The lowest BCUT2D eigenvalue weighted by Gasteiger charge is -2.19. The zero-order chi connectivity index (χ0) is 12.3. The molecule has 0 aliphatic rings. The molecule has 0 aromatic heterocycles. The number of benzene rings is 1. The summed E-state index contributed by atoms with van der Waals surface area (Å²) in [5, 5.41) is 9.04. The fraction of sp³-hybridized carbons (Fsp3) is 0.462. The Morgan fingerprint density at radius 2 is 1.81 bits per heavy atom. The molecule has 0 bridgehead atoms. The molecule has 0 amide bonds. The Morgan fingerprint density at radius 1 is 1.31 bits per heavy atom. The third-order valence-corrected chi connectivity index (χ3v) is 4.36. The van der Waals surface area contributed by atoms with Crippen LogP contribution in [0.1, 0.15) is 25.0 Å². The van der Waals surface area contributed by atoms with Crippen molar-refractivity contribution in [1.29, 1.82) is 0 Å². The van der Waals surface area contributed by atoms with Gasteiger partial charge < -0.3 is 5.11 Å². The van der Waals surface area contributed by atoms with Gasteiger partial charge in [0, 0.05) is 10.6 Å². The van der Waals surface area contributed by atoms with E-state index in [0.29, 0.717) is 5.75 Å². The molecule has 0 heterocycles.